The maximum Gasteiger partial charge on any atom is 0.410 e. The summed E-state index contributed by atoms with van der Waals surface area (Å²) in [6.45, 7) is 10.1. The largest absolute Gasteiger partial charge is 0.444 e. The monoisotopic (exact) mass is 338 g/mol. The molecule has 2 fully saturated rings. The maximum atomic E-state index is 12.7. The minimum atomic E-state index is -1.20. The number of amides is 2. The summed E-state index contributed by atoms with van der Waals surface area (Å²) in [4.78, 5) is 26.6. The smallest absolute Gasteiger partial charge is 0.410 e. The van der Waals surface area contributed by atoms with Crippen molar-refractivity contribution >= 4 is 12.0 Å². The first-order chi connectivity index (χ1) is 11.1. The van der Waals surface area contributed by atoms with Crippen molar-refractivity contribution in [2.45, 2.75) is 64.1 Å². The summed E-state index contributed by atoms with van der Waals surface area (Å²) in [5, 5.41) is 14.1. The number of rotatable bonds is 4. The summed E-state index contributed by atoms with van der Waals surface area (Å²) in [5.74, 6) is -0.137. The summed E-state index contributed by atoms with van der Waals surface area (Å²) in [5.41, 5.74) is -2.59. The molecule has 1 aliphatic carbocycles. The zero-order valence-corrected chi connectivity index (χ0v) is 15.1. The Morgan fingerprint density at radius 3 is 2.46 bits per heavy atom. The van der Waals surface area contributed by atoms with Crippen LogP contribution in [-0.4, -0.2) is 52.8 Å². The third-order valence-corrected chi connectivity index (χ3v) is 5.06. The lowest BCUT2D eigenvalue weighted by atomic mass is 9.56. The molecule has 0 aromatic heterocycles. The molecule has 6 nitrogen and oxygen atoms in total. The van der Waals surface area contributed by atoms with Gasteiger partial charge in [-0.25, -0.2) is 4.79 Å². The predicted molar refractivity (Wildman–Crippen MR) is 91.5 cm³/mol. The van der Waals surface area contributed by atoms with E-state index in [1.807, 2.05) is 20.8 Å². The zero-order chi connectivity index (χ0) is 18.0. The van der Waals surface area contributed by atoms with Crippen LogP contribution in [-0.2, 0) is 9.53 Å². The van der Waals surface area contributed by atoms with Gasteiger partial charge in [-0.15, -0.1) is 6.58 Å². The minimum absolute atomic E-state index is 0.137. The number of nitrogens with one attached hydrogen (secondary N) is 1. The Bertz CT molecular complexity index is 508. The van der Waals surface area contributed by atoms with Crippen LogP contribution >= 0.6 is 0 Å². The molecule has 1 aliphatic heterocycles. The lowest BCUT2D eigenvalue weighted by Crippen LogP contribution is -2.66. The van der Waals surface area contributed by atoms with Crippen molar-refractivity contribution in [1.29, 1.82) is 0 Å². The van der Waals surface area contributed by atoms with E-state index >= 15 is 0 Å². The topological polar surface area (TPSA) is 78.9 Å². The van der Waals surface area contributed by atoms with Gasteiger partial charge in [0.05, 0.1) is 17.6 Å². The first kappa shape index (κ1) is 18.8. The Balaban J connectivity index is 2.14. The van der Waals surface area contributed by atoms with E-state index in [2.05, 4.69) is 11.9 Å². The van der Waals surface area contributed by atoms with Gasteiger partial charge in [-0.2, -0.15) is 0 Å². The third-order valence-electron chi connectivity index (χ3n) is 5.06. The van der Waals surface area contributed by atoms with Gasteiger partial charge in [0.25, 0.3) is 0 Å². The average Bonchev–Trinajstić information content (AvgIpc) is 2.41. The van der Waals surface area contributed by atoms with Crippen LogP contribution in [0.1, 0.15) is 52.9 Å². The average molecular weight is 338 g/mol. The number of β-amino-alcohol motifs (C(OH)–C–C–N with tert-alkyl or cyclic N) is 1. The molecule has 0 bridgehead atoms. The fourth-order valence-electron chi connectivity index (χ4n) is 3.68. The number of aliphatic hydroxyl groups is 1. The first-order valence-corrected chi connectivity index (χ1v) is 8.73. The molecular formula is C18H30N2O4. The van der Waals surface area contributed by atoms with Crippen molar-refractivity contribution in [2.75, 3.05) is 19.6 Å². The molecule has 1 saturated heterocycles. The van der Waals surface area contributed by atoms with E-state index in [-0.39, 0.29) is 12.5 Å². The SMILES string of the molecule is C=CCNC(=O)C1(C2(O)CCCN(C(=O)OC(C)(C)C)C2)CCC1. The van der Waals surface area contributed by atoms with Crippen LogP contribution < -0.4 is 5.32 Å². The van der Waals surface area contributed by atoms with Crippen LogP contribution in [0.2, 0.25) is 0 Å². The lowest BCUT2D eigenvalue weighted by molar-refractivity contribution is -0.178. The molecule has 1 atom stereocenters. The van der Waals surface area contributed by atoms with Crippen LogP contribution in [0.3, 0.4) is 0 Å². The van der Waals surface area contributed by atoms with E-state index in [1.54, 1.807) is 6.08 Å². The highest BCUT2D eigenvalue weighted by Crippen LogP contribution is 2.52. The number of hydrogen-bond acceptors (Lipinski definition) is 4. The number of likely N-dealkylation sites (tertiary alicyclic amines) is 1. The summed E-state index contributed by atoms with van der Waals surface area (Å²) in [6, 6.07) is 0. The van der Waals surface area contributed by atoms with Crippen molar-refractivity contribution in [1.82, 2.24) is 10.2 Å². The molecule has 2 aliphatic rings. The molecule has 0 aromatic rings. The third kappa shape index (κ3) is 3.58. The standard InChI is InChI=1S/C18H30N2O4/c1-5-11-19-14(21)17(8-6-9-17)18(23)10-7-12-20(13-18)15(22)24-16(2,3)4/h5,23H,1,6-13H2,2-4H3,(H,19,21). The molecule has 1 unspecified atom stereocenters. The normalized spacial score (nSPS) is 26.2. The highest BCUT2D eigenvalue weighted by Gasteiger charge is 2.60. The Hall–Kier alpha value is -1.56. The molecule has 2 N–H and O–H groups in total. The zero-order valence-electron chi connectivity index (χ0n) is 15.1. The van der Waals surface area contributed by atoms with E-state index in [4.69, 9.17) is 4.74 Å². The van der Waals surface area contributed by atoms with Gasteiger partial charge < -0.3 is 20.1 Å². The Morgan fingerprint density at radius 1 is 1.29 bits per heavy atom. The second kappa shape index (κ2) is 6.75. The van der Waals surface area contributed by atoms with Crippen LogP contribution in [0.15, 0.2) is 12.7 Å². The molecule has 2 amide bonds. The van der Waals surface area contributed by atoms with Gasteiger partial charge in [0.15, 0.2) is 0 Å². The van der Waals surface area contributed by atoms with Crippen molar-refractivity contribution in [3.63, 3.8) is 0 Å². The van der Waals surface area contributed by atoms with Crippen molar-refractivity contribution in [3.8, 4) is 0 Å². The first-order valence-electron chi connectivity index (χ1n) is 8.73. The molecule has 0 aromatic carbocycles. The maximum absolute atomic E-state index is 12.7. The lowest BCUT2D eigenvalue weighted by Gasteiger charge is -2.54. The van der Waals surface area contributed by atoms with Gasteiger partial charge >= 0.3 is 6.09 Å². The number of piperidine rings is 1. The second-order valence-electron chi connectivity index (χ2n) is 7.97. The Morgan fingerprint density at radius 2 is 1.96 bits per heavy atom. The number of nitrogens with zero attached hydrogens (tertiary/aromatic N) is 1. The summed E-state index contributed by atoms with van der Waals surface area (Å²) in [6.07, 6.45) is 4.59. The Labute approximate surface area is 144 Å². The summed E-state index contributed by atoms with van der Waals surface area (Å²) in [7, 11) is 0. The molecule has 0 spiro atoms. The number of carbonyl (C=O) groups is 2. The van der Waals surface area contributed by atoms with Gasteiger partial charge in [-0.05, 0) is 46.5 Å². The second-order valence-corrected chi connectivity index (χ2v) is 7.97. The molecule has 1 heterocycles. The van der Waals surface area contributed by atoms with E-state index in [0.29, 0.717) is 38.8 Å². The number of ether oxygens (including phenoxy) is 1. The Kier molecular flexibility index (Phi) is 5.28. The van der Waals surface area contributed by atoms with Crippen LogP contribution in [0, 0.1) is 5.41 Å². The fraction of sp³-hybridized carbons (Fsp3) is 0.778. The highest BCUT2D eigenvalue weighted by atomic mass is 16.6. The highest BCUT2D eigenvalue weighted by molar-refractivity contribution is 5.85. The molecule has 6 heteroatoms. The number of hydrogen-bond donors (Lipinski definition) is 2. The van der Waals surface area contributed by atoms with Crippen LogP contribution in [0.5, 0.6) is 0 Å². The summed E-state index contributed by atoms with van der Waals surface area (Å²) < 4.78 is 5.42. The molecule has 136 valence electrons. The van der Waals surface area contributed by atoms with Gasteiger partial charge in [-0.3, -0.25) is 4.79 Å². The summed E-state index contributed by atoms with van der Waals surface area (Å²) >= 11 is 0. The molecule has 1 saturated carbocycles. The predicted octanol–water partition coefficient (Wildman–Crippen LogP) is 2.22. The number of carbonyl (C=O) groups excluding carboxylic acids is 2. The van der Waals surface area contributed by atoms with Gasteiger partial charge in [0.1, 0.15) is 5.60 Å². The van der Waals surface area contributed by atoms with Gasteiger partial charge in [0, 0.05) is 13.1 Å². The van der Waals surface area contributed by atoms with E-state index in [1.165, 1.54) is 4.90 Å². The van der Waals surface area contributed by atoms with Crippen LogP contribution in [0.25, 0.3) is 0 Å². The molecule has 0 radical (unpaired) electrons. The quantitative estimate of drug-likeness (QED) is 0.771. The molecule has 2 rings (SSSR count). The van der Waals surface area contributed by atoms with E-state index in [9.17, 15) is 14.7 Å². The fourth-order valence-corrected chi connectivity index (χ4v) is 3.68. The van der Waals surface area contributed by atoms with Gasteiger partial charge in [-0.1, -0.05) is 12.5 Å². The van der Waals surface area contributed by atoms with Crippen molar-refractivity contribution in [2.24, 2.45) is 5.41 Å². The van der Waals surface area contributed by atoms with Gasteiger partial charge in [0.2, 0.25) is 5.91 Å². The van der Waals surface area contributed by atoms with E-state index < -0.39 is 22.7 Å². The minimum Gasteiger partial charge on any atom is -0.444 e. The van der Waals surface area contributed by atoms with Crippen LogP contribution in [0.4, 0.5) is 4.79 Å². The van der Waals surface area contributed by atoms with Crippen molar-refractivity contribution < 1.29 is 19.4 Å². The molecular weight excluding hydrogens is 308 g/mol. The molecule has 24 heavy (non-hydrogen) atoms. The van der Waals surface area contributed by atoms with E-state index in [0.717, 1.165) is 6.42 Å². The van der Waals surface area contributed by atoms with Crippen molar-refractivity contribution in [3.05, 3.63) is 12.7 Å².